The summed E-state index contributed by atoms with van der Waals surface area (Å²) in [7, 11) is 0. The highest BCUT2D eigenvalue weighted by molar-refractivity contribution is 5.93. The molecule has 0 aliphatic carbocycles. The topological polar surface area (TPSA) is 79.5 Å². The summed E-state index contributed by atoms with van der Waals surface area (Å²) in [4.78, 5) is 32.0. The molecule has 0 radical (unpaired) electrons. The minimum atomic E-state index is -0.167. The number of hydrogen-bond acceptors (Lipinski definition) is 5. The Bertz CT molecular complexity index is 714. The van der Waals surface area contributed by atoms with Gasteiger partial charge in [-0.25, -0.2) is 0 Å². The Labute approximate surface area is 140 Å². The fourth-order valence-electron chi connectivity index (χ4n) is 2.78. The van der Waals surface area contributed by atoms with Crippen molar-refractivity contribution >= 4 is 11.8 Å². The van der Waals surface area contributed by atoms with Crippen LogP contribution < -0.4 is 0 Å². The molecule has 0 spiro atoms. The van der Waals surface area contributed by atoms with E-state index in [1.54, 1.807) is 29.4 Å². The van der Waals surface area contributed by atoms with E-state index in [-0.39, 0.29) is 17.5 Å². The summed E-state index contributed by atoms with van der Waals surface area (Å²) in [5.74, 6) is 0.480. The first-order valence-electron chi connectivity index (χ1n) is 8.13. The van der Waals surface area contributed by atoms with Crippen LogP contribution in [0.4, 0.5) is 0 Å². The summed E-state index contributed by atoms with van der Waals surface area (Å²) in [5, 5.41) is 3.89. The fourth-order valence-corrected chi connectivity index (χ4v) is 2.78. The summed E-state index contributed by atoms with van der Waals surface area (Å²) >= 11 is 0. The highest BCUT2D eigenvalue weighted by Crippen LogP contribution is 2.20. The zero-order valence-electron chi connectivity index (χ0n) is 13.6. The standard InChI is InChI=1S/C17H20N4O3/c1-2-16(22)20-7-4-8-21(10-9-20)17(23)14-11-15(24-19-14)13-5-3-6-18-12-13/h3,5-6,11-12H,2,4,7-10H2,1H3. The van der Waals surface area contributed by atoms with Crippen LogP contribution in [0, 0.1) is 0 Å². The fraction of sp³-hybridized carbons (Fsp3) is 0.412. The molecular weight excluding hydrogens is 308 g/mol. The largest absolute Gasteiger partial charge is 0.355 e. The van der Waals surface area contributed by atoms with Gasteiger partial charge < -0.3 is 14.3 Å². The van der Waals surface area contributed by atoms with Gasteiger partial charge in [0.2, 0.25) is 5.91 Å². The van der Waals surface area contributed by atoms with Crippen LogP contribution in [-0.4, -0.2) is 57.9 Å². The quantitative estimate of drug-likeness (QED) is 0.858. The van der Waals surface area contributed by atoms with Gasteiger partial charge in [-0.2, -0.15) is 0 Å². The van der Waals surface area contributed by atoms with Crippen molar-refractivity contribution in [3.63, 3.8) is 0 Å². The SMILES string of the molecule is CCC(=O)N1CCCN(C(=O)c2cc(-c3cccnc3)on2)CC1. The molecule has 7 nitrogen and oxygen atoms in total. The highest BCUT2D eigenvalue weighted by atomic mass is 16.5. The lowest BCUT2D eigenvalue weighted by atomic mass is 10.2. The maximum atomic E-state index is 12.6. The number of carbonyl (C=O) groups is 2. The Morgan fingerprint density at radius 2 is 2.00 bits per heavy atom. The van der Waals surface area contributed by atoms with Crippen molar-refractivity contribution in [1.82, 2.24) is 19.9 Å². The lowest BCUT2D eigenvalue weighted by Gasteiger charge is -2.21. The van der Waals surface area contributed by atoms with Crippen LogP contribution in [-0.2, 0) is 4.79 Å². The second kappa shape index (κ2) is 7.25. The molecule has 0 saturated carbocycles. The number of amides is 2. The Morgan fingerprint density at radius 1 is 1.21 bits per heavy atom. The molecule has 1 saturated heterocycles. The van der Waals surface area contributed by atoms with E-state index in [1.165, 1.54) is 0 Å². The van der Waals surface area contributed by atoms with Crippen molar-refractivity contribution in [1.29, 1.82) is 0 Å². The molecule has 3 heterocycles. The Balaban J connectivity index is 1.69. The van der Waals surface area contributed by atoms with E-state index in [4.69, 9.17) is 4.52 Å². The van der Waals surface area contributed by atoms with Gasteiger partial charge in [0, 0.05) is 56.6 Å². The van der Waals surface area contributed by atoms with Gasteiger partial charge in [-0.3, -0.25) is 14.6 Å². The van der Waals surface area contributed by atoms with Crippen molar-refractivity contribution in [2.75, 3.05) is 26.2 Å². The molecule has 24 heavy (non-hydrogen) atoms. The Morgan fingerprint density at radius 3 is 2.75 bits per heavy atom. The molecule has 2 amide bonds. The number of nitrogens with zero attached hydrogens (tertiary/aromatic N) is 4. The first-order valence-corrected chi connectivity index (χ1v) is 8.13. The van der Waals surface area contributed by atoms with Gasteiger partial charge in [-0.05, 0) is 18.6 Å². The molecular formula is C17H20N4O3. The van der Waals surface area contributed by atoms with E-state index in [1.807, 2.05) is 17.9 Å². The van der Waals surface area contributed by atoms with Gasteiger partial charge in [0.1, 0.15) is 0 Å². The first-order chi connectivity index (χ1) is 11.7. The lowest BCUT2D eigenvalue weighted by molar-refractivity contribution is -0.130. The molecule has 0 N–H and O–H groups in total. The molecule has 0 aromatic carbocycles. The van der Waals surface area contributed by atoms with Crippen molar-refractivity contribution in [2.24, 2.45) is 0 Å². The smallest absolute Gasteiger partial charge is 0.276 e. The molecule has 0 bridgehead atoms. The normalized spacial score (nSPS) is 15.2. The average Bonchev–Trinajstić information content (AvgIpc) is 2.99. The Kier molecular flexibility index (Phi) is 4.88. The minimum Gasteiger partial charge on any atom is -0.355 e. The zero-order chi connectivity index (χ0) is 16.9. The molecule has 2 aromatic rings. The summed E-state index contributed by atoms with van der Waals surface area (Å²) in [5.41, 5.74) is 1.06. The predicted molar refractivity (Wildman–Crippen MR) is 87.1 cm³/mol. The molecule has 1 aliphatic heterocycles. The van der Waals surface area contributed by atoms with Crippen molar-refractivity contribution in [3.8, 4) is 11.3 Å². The predicted octanol–water partition coefficient (Wildman–Crippen LogP) is 1.82. The third-order valence-electron chi connectivity index (χ3n) is 4.11. The monoisotopic (exact) mass is 328 g/mol. The van der Waals surface area contributed by atoms with E-state index < -0.39 is 0 Å². The summed E-state index contributed by atoms with van der Waals surface area (Å²) in [6.45, 7) is 4.23. The van der Waals surface area contributed by atoms with Gasteiger partial charge in [0.05, 0.1) is 0 Å². The van der Waals surface area contributed by atoms with E-state index in [0.717, 1.165) is 12.0 Å². The van der Waals surface area contributed by atoms with Gasteiger partial charge in [0.25, 0.3) is 5.91 Å². The van der Waals surface area contributed by atoms with Crippen molar-refractivity contribution in [3.05, 3.63) is 36.3 Å². The van der Waals surface area contributed by atoms with Crippen LogP contribution in [0.15, 0.2) is 35.1 Å². The van der Waals surface area contributed by atoms with E-state index >= 15 is 0 Å². The number of hydrogen-bond donors (Lipinski definition) is 0. The number of rotatable bonds is 3. The highest BCUT2D eigenvalue weighted by Gasteiger charge is 2.24. The van der Waals surface area contributed by atoms with Gasteiger partial charge in [-0.1, -0.05) is 12.1 Å². The van der Waals surface area contributed by atoms with Crippen LogP contribution in [0.1, 0.15) is 30.3 Å². The van der Waals surface area contributed by atoms with Crippen LogP contribution in [0.25, 0.3) is 11.3 Å². The van der Waals surface area contributed by atoms with Gasteiger partial charge in [0.15, 0.2) is 11.5 Å². The lowest BCUT2D eigenvalue weighted by Crippen LogP contribution is -2.37. The second-order valence-electron chi connectivity index (χ2n) is 5.70. The van der Waals surface area contributed by atoms with Crippen LogP contribution >= 0.6 is 0 Å². The van der Waals surface area contributed by atoms with E-state index in [9.17, 15) is 9.59 Å². The molecule has 3 rings (SSSR count). The zero-order valence-corrected chi connectivity index (χ0v) is 13.6. The molecule has 1 fully saturated rings. The number of carbonyl (C=O) groups excluding carboxylic acids is 2. The molecule has 7 heteroatoms. The van der Waals surface area contributed by atoms with Crippen LogP contribution in [0.5, 0.6) is 0 Å². The second-order valence-corrected chi connectivity index (χ2v) is 5.70. The van der Waals surface area contributed by atoms with E-state index in [2.05, 4.69) is 10.1 Å². The van der Waals surface area contributed by atoms with Gasteiger partial charge >= 0.3 is 0 Å². The third kappa shape index (κ3) is 3.45. The average molecular weight is 328 g/mol. The molecule has 0 unspecified atom stereocenters. The summed E-state index contributed by atoms with van der Waals surface area (Å²) in [6, 6.07) is 5.29. The Hall–Kier alpha value is -2.70. The maximum absolute atomic E-state index is 12.6. The van der Waals surface area contributed by atoms with Crippen molar-refractivity contribution in [2.45, 2.75) is 19.8 Å². The molecule has 0 atom stereocenters. The van der Waals surface area contributed by atoms with E-state index in [0.29, 0.717) is 38.4 Å². The van der Waals surface area contributed by atoms with Crippen LogP contribution in [0.3, 0.4) is 0 Å². The third-order valence-corrected chi connectivity index (χ3v) is 4.11. The van der Waals surface area contributed by atoms with Crippen molar-refractivity contribution < 1.29 is 14.1 Å². The van der Waals surface area contributed by atoms with Crippen LogP contribution in [0.2, 0.25) is 0 Å². The molecule has 1 aliphatic rings. The minimum absolute atomic E-state index is 0.129. The first kappa shape index (κ1) is 16.2. The number of pyridine rings is 1. The molecule has 126 valence electrons. The molecule has 2 aromatic heterocycles. The summed E-state index contributed by atoms with van der Waals surface area (Å²) in [6.07, 6.45) is 4.60. The number of aromatic nitrogens is 2. The van der Waals surface area contributed by atoms with Gasteiger partial charge in [-0.15, -0.1) is 0 Å². The maximum Gasteiger partial charge on any atom is 0.276 e. The summed E-state index contributed by atoms with van der Waals surface area (Å²) < 4.78 is 5.27.